The molecular formula is C39H50F3N5O6. The number of ether oxygens (including phenoxy) is 2. The lowest BCUT2D eigenvalue weighted by atomic mass is 9.78. The fourth-order valence-corrected chi connectivity index (χ4v) is 6.57. The number of esters is 1. The van der Waals surface area contributed by atoms with Crippen LogP contribution in [0.2, 0.25) is 0 Å². The van der Waals surface area contributed by atoms with Crippen molar-refractivity contribution in [3.63, 3.8) is 0 Å². The summed E-state index contributed by atoms with van der Waals surface area (Å²) in [5, 5.41) is 2.79. The summed E-state index contributed by atoms with van der Waals surface area (Å²) in [7, 11) is 0. The summed E-state index contributed by atoms with van der Waals surface area (Å²) in [5.74, 6) is -3.64. The summed E-state index contributed by atoms with van der Waals surface area (Å²) in [6, 6.07) is 11.3. The van der Waals surface area contributed by atoms with Gasteiger partial charge in [-0.15, -0.1) is 0 Å². The zero-order valence-corrected chi connectivity index (χ0v) is 31.6. The molecule has 1 saturated heterocycles. The van der Waals surface area contributed by atoms with Gasteiger partial charge in [-0.1, -0.05) is 44.2 Å². The molecule has 3 aromatic rings. The van der Waals surface area contributed by atoms with Crippen LogP contribution in [-0.4, -0.2) is 87.3 Å². The number of nitrogens with zero attached hydrogens (tertiary/aromatic N) is 4. The molecule has 0 saturated carbocycles. The fourth-order valence-electron chi connectivity index (χ4n) is 6.57. The Kier molecular flexibility index (Phi) is 13.0. The largest absolute Gasteiger partial charge is 0.453 e. The highest BCUT2D eigenvalue weighted by Crippen LogP contribution is 2.43. The Morgan fingerprint density at radius 2 is 1.70 bits per heavy atom. The molecule has 0 radical (unpaired) electrons. The van der Waals surface area contributed by atoms with Gasteiger partial charge in [0.15, 0.2) is 6.10 Å². The van der Waals surface area contributed by atoms with E-state index in [0.29, 0.717) is 6.42 Å². The third-order valence-electron chi connectivity index (χ3n) is 9.06. The molecule has 2 heterocycles. The smallest absolute Gasteiger partial charge is 0.410 e. The highest BCUT2D eigenvalue weighted by atomic mass is 19.1. The number of benzene rings is 2. The van der Waals surface area contributed by atoms with Crippen LogP contribution >= 0.6 is 0 Å². The minimum Gasteiger partial charge on any atom is -0.453 e. The van der Waals surface area contributed by atoms with Crippen LogP contribution in [0.5, 0.6) is 0 Å². The molecule has 1 aliphatic heterocycles. The summed E-state index contributed by atoms with van der Waals surface area (Å²) in [6.45, 7) is 12.6. The van der Waals surface area contributed by atoms with E-state index in [4.69, 9.17) is 14.5 Å². The second kappa shape index (κ2) is 16.9. The second-order valence-electron chi connectivity index (χ2n) is 15.2. The lowest BCUT2D eigenvalue weighted by Gasteiger charge is -2.43. The van der Waals surface area contributed by atoms with E-state index in [1.807, 2.05) is 44.2 Å². The molecule has 1 aromatic heterocycles. The van der Waals surface area contributed by atoms with Crippen molar-refractivity contribution in [2.45, 2.75) is 92.3 Å². The first kappa shape index (κ1) is 40.9. The number of imidazole rings is 1. The molecular weight excluding hydrogens is 691 g/mol. The van der Waals surface area contributed by atoms with E-state index < -0.39 is 64.9 Å². The Morgan fingerprint density at radius 3 is 2.32 bits per heavy atom. The summed E-state index contributed by atoms with van der Waals surface area (Å²) in [5.41, 5.74) is -0.935. The van der Waals surface area contributed by atoms with E-state index in [9.17, 15) is 23.6 Å². The predicted molar refractivity (Wildman–Crippen MR) is 192 cm³/mol. The number of aromatic nitrogens is 2. The van der Waals surface area contributed by atoms with E-state index in [-0.39, 0.29) is 55.7 Å². The maximum Gasteiger partial charge on any atom is 0.410 e. The van der Waals surface area contributed by atoms with Crippen molar-refractivity contribution < 1.29 is 41.8 Å². The molecule has 0 aliphatic carbocycles. The number of alkyl halides is 1. The van der Waals surface area contributed by atoms with E-state index >= 15 is 8.78 Å². The molecule has 3 amide bonds. The van der Waals surface area contributed by atoms with Crippen molar-refractivity contribution in [2.75, 3.05) is 26.2 Å². The SMILES string of the molecule is CC(=O)NCCC(C)(C)[C@H](c1nc(-c2cc(F)ccc2F)cn1Cc1ccccc1)N(CC1CN(C(=O)OC(C)(C)C)CC1F)C(=O)[C@H](C)OC(C)=O. The van der Waals surface area contributed by atoms with E-state index in [0.717, 1.165) is 23.8 Å². The lowest BCUT2D eigenvalue weighted by molar-refractivity contribution is -0.161. The van der Waals surface area contributed by atoms with Crippen LogP contribution in [0.1, 0.15) is 79.2 Å². The van der Waals surface area contributed by atoms with Crippen LogP contribution in [0.25, 0.3) is 11.3 Å². The number of hydrogen-bond donors (Lipinski definition) is 1. The Morgan fingerprint density at radius 1 is 1.02 bits per heavy atom. The summed E-state index contributed by atoms with van der Waals surface area (Å²) in [6.07, 6.45) is -1.68. The average molecular weight is 742 g/mol. The number of carbonyl (C=O) groups is 4. The summed E-state index contributed by atoms with van der Waals surface area (Å²) in [4.78, 5) is 59.1. The number of halogens is 3. The third-order valence-corrected chi connectivity index (χ3v) is 9.06. The van der Waals surface area contributed by atoms with Gasteiger partial charge in [-0.25, -0.2) is 22.9 Å². The van der Waals surface area contributed by atoms with Crippen molar-refractivity contribution in [3.8, 4) is 11.3 Å². The average Bonchev–Trinajstić information content (AvgIpc) is 3.63. The summed E-state index contributed by atoms with van der Waals surface area (Å²) >= 11 is 0. The molecule has 2 unspecified atom stereocenters. The van der Waals surface area contributed by atoms with E-state index in [1.165, 1.54) is 30.6 Å². The topological polar surface area (TPSA) is 123 Å². The zero-order valence-electron chi connectivity index (χ0n) is 31.6. The zero-order chi connectivity index (χ0) is 39.2. The molecule has 1 aliphatic rings. The maximum absolute atomic E-state index is 16.0. The Labute approximate surface area is 308 Å². The fraction of sp³-hybridized carbons (Fsp3) is 0.513. The first-order chi connectivity index (χ1) is 24.8. The quantitative estimate of drug-likeness (QED) is 0.200. The first-order valence-corrected chi connectivity index (χ1v) is 17.7. The number of carbonyl (C=O) groups excluding carboxylic acids is 4. The van der Waals surface area contributed by atoms with Gasteiger partial charge in [-0.05, 0) is 63.3 Å². The molecule has 288 valence electrons. The number of nitrogens with one attached hydrogen (secondary N) is 1. The Balaban J connectivity index is 1.92. The number of rotatable bonds is 13. The molecule has 2 aromatic carbocycles. The molecule has 4 rings (SSSR count). The van der Waals surface area contributed by atoms with Crippen molar-refractivity contribution in [1.29, 1.82) is 0 Å². The molecule has 14 heteroatoms. The van der Waals surface area contributed by atoms with E-state index in [1.54, 1.807) is 31.5 Å². The standard InChI is InChI=1S/C39H50F3N5O6/c1-24(52-26(3)49)36(50)47(21-28-20-46(22-32(28)42)37(51)53-38(4,5)6)34(39(7,8)16-17-43-25(2)48)35-44-33(30-18-29(40)14-15-31(30)41)23-45(35)19-27-12-10-9-11-13-27/h9-15,18,23-24,28,32,34H,16-17,19-22H2,1-8H3,(H,43,48)/t24-,28?,32?,34-/m0/s1. The molecule has 0 bridgehead atoms. The minimum atomic E-state index is -1.55. The first-order valence-electron chi connectivity index (χ1n) is 17.7. The van der Waals surface area contributed by atoms with Gasteiger partial charge >= 0.3 is 12.1 Å². The molecule has 1 fully saturated rings. The number of amides is 3. The Bertz CT molecular complexity index is 1780. The molecule has 1 N–H and O–H groups in total. The molecule has 0 spiro atoms. The molecule has 53 heavy (non-hydrogen) atoms. The van der Waals surface area contributed by atoms with Gasteiger partial charge in [0.1, 0.15) is 29.2 Å². The lowest BCUT2D eigenvalue weighted by Crippen LogP contribution is -2.51. The normalized spacial score (nSPS) is 17.2. The van der Waals surface area contributed by atoms with Gasteiger partial charge in [0.25, 0.3) is 5.91 Å². The van der Waals surface area contributed by atoms with Gasteiger partial charge in [0, 0.05) is 57.7 Å². The third kappa shape index (κ3) is 10.8. The van der Waals surface area contributed by atoms with Gasteiger partial charge in [-0.2, -0.15) is 0 Å². The van der Waals surface area contributed by atoms with E-state index in [2.05, 4.69) is 5.32 Å². The van der Waals surface area contributed by atoms with Crippen LogP contribution in [0.3, 0.4) is 0 Å². The van der Waals surface area contributed by atoms with Gasteiger partial charge in [-0.3, -0.25) is 14.4 Å². The highest BCUT2D eigenvalue weighted by molar-refractivity contribution is 5.83. The minimum absolute atomic E-state index is 0.0704. The molecule has 4 atom stereocenters. The highest BCUT2D eigenvalue weighted by Gasteiger charge is 2.46. The Hall–Kier alpha value is -4.88. The number of likely N-dealkylation sites (tertiary alicyclic amines) is 1. The summed E-state index contributed by atoms with van der Waals surface area (Å²) < 4.78 is 58.4. The van der Waals surface area contributed by atoms with Crippen LogP contribution in [0, 0.1) is 23.0 Å². The van der Waals surface area contributed by atoms with Crippen molar-refractivity contribution >= 4 is 23.9 Å². The van der Waals surface area contributed by atoms with Crippen LogP contribution < -0.4 is 5.32 Å². The van der Waals surface area contributed by atoms with Crippen LogP contribution in [0.15, 0.2) is 54.7 Å². The van der Waals surface area contributed by atoms with Crippen molar-refractivity contribution in [3.05, 3.63) is 77.8 Å². The van der Waals surface area contributed by atoms with Crippen molar-refractivity contribution in [1.82, 2.24) is 24.7 Å². The van der Waals surface area contributed by atoms with Crippen LogP contribution in [-0.2, 0) is 30.4 Å². The van der Waals surface area contributed by atoms with Crippen molar-refractivity contribution in [2.24, 2.45) is 11.3 Å². The second-order valence-corrected chi connectivity index (χ2v) is 15.2. The molecule has 11 nitrogen and oxygen atoms in total. The van der Waals surface area contributed by atoms with Gasteiger partial charge in [0.2, 0.25) is 5.91 Å². The predicted octanol–water partition coefficient (Wildman–Crippen LogP) is 6.46. The van der Waals surface area contributed by atoms with Gasteiger partial charge < -0.3 is 29.2 Å². The van der Waals surface area contributed by atoms with Crippen LogP contribution in [0.4, 0.5) is 18.0 Å². The number of hydrogen-bond acceptors (Lipinski definition) is 7. The maximum atomic E-state index is 16.0. The monoisotopic (exact) mass is 741 g/mol. The van der Waals surface area contributed by atoms with Gasteiger partial charge in [0.05, 0.1) is 18.3 Å².